The third-order valence-corrected chi connectivity index (χ3v) is 3.67. The molecule has 0 fully saturated rings. The highest BCUT2D eigenvalue weighted by Crippen LogP contribution is 2.08. The van der Waals surface area contributed by atoms with Crippen LogP contribution in [0.1, 0.15) is 42.1 Å². The van der Waals surface area contributed by atoms with Crippen LogP contribution in [0.25, 0.3) is 0 Å². The molecule has 1 atom stereocenters. The first-order valence-corrected chi connectivity index (χ1v) is 7.78. The average Bonchev–Trinajstić information content (AvgIpc) is 3.05. The molecule has 1 aromatic heterocycles. The van der Waals surface area contributed by atoms with E-state index >= 15 is 0 Å². The summed E-state index contributed by atoms with van der Waals surface area (Å²) < 4.78 is 1.99. The second-order valence-corrected chi connectivity index (χ2v) is 5.48. The zero-order valence-electron chi connectivity index (χ0n) is 13.9. The zero-order valence-corrected chi connectivity index (χ0v) is 15.5. The fourth-order valence-electron chi connectivity index (χ4n) is 2.32. The molecule has 0 aliphatic carbocycles. The first-order chi connectivity index (χ1) is 10.7. The van der Waals surface area contributed by atoms with E-state index in [2.05, 4.69) is 17.2 Å². The van der Waals surface area contributed by atoms with Crippen LogP contribution in [0.5, 0.6) is 0 Å². The predicted octanol–water partition coefficient (Wildman–Crippen LogP) is 3.02. The summed E-state index contributed by atoms with van der Waals surface area (Å²) in [5.74, 6) is -0.0549. The van der Waals surface area contributed by atoms with Gasteiger partial charge in [0, 0.05) is 37.1 Å². The van der Waals surface area contributed by atoms with Crippen LogP contribution in [0, 0.1) is 0 Å². The van der Waals surface area contributed by atoms with Crippen molar-refractivity contribution in [3.8, 4) is 0 Å². The quantitative estimate of drug-likeness (QED) is 0.747. The van der Waals surface area contributed by atoms with Gasteiger partial charge in [-0.3, -0.25) is 4.79 Å². The summed E-state index contributed by atoms with van der Waals surface area (Å²) in [6, 6.07) is 7.71. The minimum Gasteiger partial charge on any atom is -0.348 e. The molecule has 5 nitrogen and oxygen atoms in total. The van der Waals surface area contributed by atoms with E-state index in [4.69, 9.17) is 5.73 Å². The number of amides is 1. The van der Waals surface area contributed by atoms with Crippen LogP contribution in [0.4, 0.5) is 0 Å². The highest BCUT2D eigenvalue weighted by Gasteiger charge is 2.11. The number of halogens is 2. The first kappa shape index (κ1) is 22.4. The van der Waals surface area contributed by atoms with Gasteiger partial charge in [-0.15, -0.1) is 24.8 Å². The number of nitrogens with one attached hydrogen (secondary N) is 1. The van der Waals surface area contributed by atoms with Crippen LogP contribution in [0.2, 0.25) is 0 Å². The lowest BCUT2D eigenvalue weighted by Gasteiger charge is -2.16. The molecule has 3 N–H and O–H groups in total. The summed E-state index contributed by atoms with van der Waals surface area (Å²) in [5.41, 5.74) is 7.52. The topological polar surface area (TPSA) is 72.9 Å². The second kappa shape index (κ2) is 11.9. The molecule has 1 amide bonds. The number of carbonyl (C=O) groups is 1. The van der Waals surface area contributed by atoms with Crippen molar-refractivity contribution in [2.75, 3.05) is 6.54 Å². The van der Waals surface area contributed by atoms with Gasteiger partial charge in [-0.2, -0.15) is 0 Å². The van der Waals surface area contributed by atoms with Gasteiger partial charge in [-0.25, -0.2) is 4.98 Å². The SMILES string of the molecule is CCCCC(CN)NC(=O)c1ccc(Cn2ccnc2)cc1.Cl.Cl. The average molecular weight is 373 g/mol. The maximum atomic E-state index is 12.2. The molecular weight excluding hydrogens is 347 g/mol. The molecule has 1 unspecified atom stereocenters. The van der Waals surface area contributed by atoms with Gasteiger partial charge >= 0.3 is 0 Å². The molecule has 0 radical (unpaired) electrons. The Kier molecular flexibility index (Phi) is 11.1. The molecule has 0 aliphatic rings. The first-order valence-electron chi connectivity index (χ1n) is 7.78. The summed E-state index contributed by atoms with van der Waals surface area (Å²) in [5, 5.41) is 3.00. The third kappa shape index (κ3) is 6.91. The Hall–Kier alpha value is -1.56. The molecule has 1 aromatic carbocycles. The van der Waals surface area contributed by atoms with E-state index in [0.717, 1.165) is 31.4 Å². The second-order valence-electron chi connectivity index (χ2n) is 5.48. The third-order valence-electron chi connectivity index (χ3n) is 3.67. The van der Waals surface area contributed by atoms with Gasteiger partial charge in [-0.1, -0.05) is 31.9 Å². The van der Waals surface area contributed by atoms with Crippen molar-refractivity contribution in [1.29, 1.82) is 0 Å². The number of hydrogen-bond donors (Lipinski definition) is 2. The van der Waals surface area contributed by atoms with Crippen LogP contribution in [0.3, 0.4) is 0 Å². The van der Waals surface area contributed by atoms with Crippen molar-refractivity contribution in [2.45, 2.75) is 38.8 Å². The van der Waals surface area contributed by atoms with Crippen LogP contribution in [-0.2, 0) is 6.54 Å². The molecule has 0 aliphatic heterocycles. The Balaban J connectivity index is 0.00000264. The van der Waals surface area contributed by atoms with Gasteiger partial charge in [-0.05, 0) is 24.1 Å². The van der Waals surface area contributed by atoms with E-state index in [9.17, 15) is 4.79 Å². The van der Waals surface area contributed by atoms with Crippen LogP contribution < -0.4 is 11.1 Å². The Morgan fingerprint density at radius 1 is 1.29 bits per heavy atom. The largest absolute Gasteiger partial charge is 0.348 e. The lowest BCUT2D eigenvalue weighted by atomic mass is 10.1. The van der Waals surface area contributed by atoms with E-state index in [1.54, 1.807) is 12.5 Å². The molecule has 0 bridgehead atoms. The summed E-state index contributed by atoms with van der Waals surface area (Å²) in [4.78, 5) is 16.2. The van der Waals surface area contributed by atoms with Crippen molar-refractivity contribution in [3.05, 3.63) is 54.1 Å². The number of aromatic nitrogens is 2. The summed E-state index contributed by atoms with van der Waals surface area (Å²) in [6.45, 7) is 3.36. The van der Waals surface area contributed by atoms with E-state index in [-0.39, 0.29) is 36.8 Å². The van der Waals surface area contributed by atoms with Crippen LogP contribution in [-0.4, -0.2) is 28.0 Å². The van der Waals surface area contributed by atoms with E-state index in [1.807, 2.05) is 35.0 Å². The Morgan fingerprint density at radius 3 is 2.54 bits per heavy atom. The monoisotopic (exact) mass is 372 g/mol. The van der Waals surface area contributed by atoms with Gasteiger partial charge in [0.2, 0.25) is 0 Å². The fourth-order valence-corrected chi connectivity index (χ4v) is 2.32. The lowest BCUT2D eigenvalue weighted by Crippen LogP contribution is -2.40. The number of imidazole rings is 1. The Bertz CT molecular complexity index is 573. The van der Waals surface area contributed by atoms with Crippen molar-refractivity contribution in [1.82, 2.24) is 14.9 Å². The predicted molar refractivity (Wildman–Crippen MR) is 102 cm³/mol. The van der Waals surface area contributed by atoms with E-state index in [1.165, 1.54) is 0 Å². The molecule has 0 spiro atoms. The van der Waals surface area contributed by atoms with Crippen molar-refractivity contribution in [2.24, 2.45) is 5.73 Å². The lowest BCUT2D eigenvalue weighted by molar-refractivity contribution is 0.0936. The molecule has 134 valence electrons. The van der Waals surface area contributed by atoms with Gasteiger partial charge in [0.15, 0.2) is 0 Å². The summed E-state index contributed by atoms with van der Waals surface area (Å²) in [7, 11) is 0. The Morgan fingerprint density at radius 2 is 2.00 bits per heavy atom. The van der Waals surface area contributed by atoms with E-state index < -0.39 is 0 Å². The molecule has 7 heteroatoms. The number of unbranched alkanes of at least 4 members (excludes halogenated alkanes) is 1. The van der Waals surface area contributed by atoms with Crippen molar-refractivity contribution >= 4 is 30.7 Å². The smallest absolute Gasteiger partial charge is 0.251 e. The van der Waals surface area contributed by atoms with E-state index in [0.29, 0.717) is 12.1 Å². The van der Waals surface area contributed by atoms with Gasteiger partial charge in [0.05, 0.1) is 6.33 Å². The molecule has 1 heterocycles. The summed E-state index contributed by atoms with van der Waals surface area (Å²) >= 11 is 0. The molecular formula is C17H26Cl2N4O. The van der Waals surface area contributed by atoms with Gasteiger partial charge < -0.3 is 15.6 Å². The number of rotatable bonds is 8. The van der Waals surface area contributed by atoms with Crippen LogP contribution >= 0.6 is 24.8 Å². The number of benzene rings is 1. The van der Waals surface area contributed by atoms with Gasteiger partial charge in [0.1, 0.15) is 0 Å². The standard InChI is InChI=1S/C17H24N4O.2ClH/c1-2-3-4-16(11-18)20-17(22)15-7-5-14(6-8-15)12-21-10-9-19-13-21;;/h5-10,13,16H,2-4,11-12,18H2,1H3,(H,20,22);2*1H. The minimum absolute atomic E-state index is 0. The molecule has 2 aromatic rings. The summed E-state index contributed by atoms with van der Waals surface area (Å²) in [6.07, 6.45) is 8.56. The molecule has 0 saturated carbocycles. The van der Waals surface area contributed by atoms with Crippen LogP contribution in [0.15, 0.2) is 43.0 Å². The number of hydrogen-bond acceptors (Lipinski definition) is 3. The maximum absolute atomic E-state index is 12.2. The molecule has 2 rings (SSSR count). The number of nitrogens with two attached hydrogens (primary N) is 1. The van der Waals surface area contributed by atoms with Crippen molar-refractivity contribution in [3.63, 3.8) is 0 Å². The minimum atomic E-state index is -0.0549. The number of nitrogens with zero attached hydrogens (tertiary/aromatic N) is 2. The molecule has 0 saturated heterocycles. The van der Waals surface area contributed by atoms with Crippen molar-refractivity contribution < 1.29 is 4.79 Å². The maximum Gasteiger partial charge on any atom is 0.251 e. The molecule has 24 heavy (non-hydrogen) atoms. The highest BCUT2D eigenvalue weighted by molar-refractivity contribution is 5.94. The highest BCUT2D eigenvalue weighted by atomic mass is 35.5. The fraction of sp³-hybridized carbons (Fsp3) is 0.412. The number of carbonyl (C=O) groups excluding carboxylic acids is 1. The van der Waals surface area contributed by atoms with Gasteiger partial charge in [0.25, 0.3) is 5.91 Å². The zero-order chi connectivity index (χ0) is 15.8. The Labute approximate surface area is 155 Å². The normalized spacial score (nSPS) is 11.1.